The summed E-state index contributed by atoms with van der Waals surface area (Å²) in [6, 6.07) is 37.2. The van der Waals surface area contributed by atoms with Gasteiger partial charge in [0.25, 0.3) is 11.8 Å². The van der Waals surface area contributed by atoms with E-state index in [1.165, 1.54) is 6.07 Å². The average molecular weight is 765 g/mol. The van der Waals surface area contributed by atoms with E-state index in [4.69, 9.17) is 0 Å². The van der Waals surface area contributed by atoms with Crippen LogP contribution in [-0.2, 0) is 33.4 Å². The Morgan fingerprint density at radius 3 is 1.86 bits per heavy atom. The van der Waals surface area contributed by atoms with Crippen LogP contribution in [0.5, 0.6) is 0 Å². The Morgan fingerprint density at radius 1 is 0.632 bits per heavy atom. The second-order valence-electron chi connectivity index (χ2n) is 14.6. The van der Waals surface area contributed by atoms with Crippen molar-refractivity contribution in [1.82, 2.24) is 30.2 Å². The largest absolute Gasteiger partial charge is 0.351 e. The van der Waals surface area contributed by atoms with Crippen LogP contribution >= 0.6 is 0 Å². The summed E-state index contributed by atoms with van der Waals surface area (Å²) in [5.74, 6) is -0.912. The summed E-state index contributed by atoms with van der Waals surface area (Å²) in [5, 5.41) is 15.9. The molecule has 2 N–H and O–H groups in total. The predicted octanol–water partition coefficient (Wildman–Crippen LogP) is 8.99. The van der Waals surface area contributed by atoms with Crippen molar-refractivity contribution in [2.45, 2.75) is 44.9 Å². The van der Waals surface area contributed by atoms with Crippen LogP contribution in [0, 0.1) is 11.6 Å². The molecule has 5 aromatic carbocycles. The summed E-state index contributed by atoms with van der Waals surface area (Å²) in [6.07, 6.45) is 3.64. The number of aryl methyl sites for hydroxylation is 4. The molecule has 7 aromatic rings. The van der Waals surface area contributed by atoms with Crippen molar-refractivity contribution in [1.29, 1.82) is 0 Å². The molecule has 2 amide bonds. The van der Waals surface area contributed by atoms with Gasteiger partial charge in [-0.25, -0.2) is 8.78 Å². The Kier molecular flexibility index (Phi) is 12.0. The lowest BCUT2D eigenvalue weighted by Gasteiger charge is -2.11. The highest BCUT2D eigenvalue weighted by Gasteiger charge is 2.19. The molecule has 0 saturated heterocycles. The van der Waals surface area contributed by atoms with E-state index < -0.39 is 0 Å². The van der Waals surface area contributed by atoms with Gasteiger partial charge in [0, 0.05) is 49.6 Å². The first-order valence-electron chi connectivity index (χ1n) is 19.4. The highest BCUT2D eigenvalue weighted by molar-refractivity contribution is 6.05. The number of nitrogens with zero attached hydrogens (tertiary/aromatic N) is 4. The topological polar surface area (TPSA) is 93.8 Å². The van der Waals surface area contributed by atoms with Gasteiger partial charge in [-0.3, -0.25) is 19.0 Å². The van der Waals surface area contributed by atoms with Crippen LogP contribution in [0.4, 0.5) is 8.78 Å². The van der Waals surface area contributed by atoms with Gasteiger partial charge in [0.05, 0.1) is 11.2 Å². The van der Waals surface area contributed by atoms with Gasteiger partial charge in [-0.05, 0) is 84.2 Å². The molecular formula is C47H46F2N6O2. The number of fused-ring (bicyclic) bond motifs is 1. The van der Waals surface area contributed by atoms with Crippen molar-refractivity contribution in [3.8, 4) is 22.3 Å². The molecule has 0 aliphatic rings. The molecule has 8 nitrogen and oxygen atoms in total. The van der Waals surface area contributed by atoms with Gasteiger partial charge in [0.2, 0.25) is 0 Å². The average Bonchev–Trinajstić information content (AvgIpc) is 3.78. The minimum absolute atomic E-state index is 0.0390. The second-order valence-corrected chi connectivity index (χ2v) is 14.6. The summed E-state index contributed by atoms with van der Waals surface area (Å²) < 4.78 is 32.8. The number of carbonyl (C=O) groups is 2. The Labute approximate surface area is 331 Å². The number of benzene rings is 5. The zero-order valence-corrected chi connectivity index (χ0v) is 32.4. The number of aromatic nitrogens is 4. The number of hydrogen-bond acceptors (Lipinski definition) is 4. The fraction of sp³-hybridized carbons (Fsp3) is 0.234. The van der Waals surface area contributed by atoms with Crippen LogP contribution in [0.3, 0.4) is 0 Å². The Balaban J connectivity index is 0.861. The molecular weight excluding hydrogens is 719 g/mol. The summed E-state index contributed by atoms with van der Waals surface area (Å²) >= 11 is 0. The Bertz CT molecular complexity index is 2510. The molecule has 0 aliphatic heterocycles. The molecule has 0 bridgehead atoms. The smallest absolute Gasteiger partial charge is 0.270 e. The van der Waals surface area contributed by atoms with Gasteiger partial charge in [-0.15, -0.1) is 0 Å². The lowest BCUT2D eigenvalue weighted by molar-refractivity contribution is 0.0936. The third-order valence-electron chi connectivity index (χ3n) is 10.4. The molecule has 0 spiro atoms. The first kappa shape index (κ1) is 38.8. The lowest BCUT2D eigenvalue weighted by Crippen LogP contribution is -2.27. The normalized spacial score (nSPS) is 11.8. The molecule has 0 radical (unpaired) electrons. The van der Waals surface area contributed by atoms with E-state index in [1.54, 1.807) is 41.7 Å². The van der Waals surface area contributed by atoms with Crippen molar-refractivity contribution in [3.63, 3.8) is 0 Å². The maximum Gasteiger partial charge on any atom is 0.270 e. The first-order valence-corrected chi connectivity index (χ1v) is 19.4. The quantitative estimate of drug-likeness (QED) is 0.102. The maximum atomic E-state index is 15.5. The molecule has 290 valence electrons. The lowest BCUT2D eigenvalue weighted by atomic mass is 9.95. The standard InChI is InChI=1S/C47H46F2N6O2/c1-31(43-30-44(54(2)53-43)46(56)50-26-8-10-32-16-21-35(22-17-32)37-12-4-6-14-40(37)48)28-34-20-25-38(41(49)29-34)36-23-18-33(19-24-36)11-9-27-51-47(57)45-39-13-5-7-15-42(39)52-55(45)3/h4-7,12-25,29-31H,8-11,26-28H2,1-3H3,(H,50,56)(H,51,57). The van der Waals surface area contributed by atoms with Gasteiger partial charge < -0.3 is 10.6 Å². The summed E-state index contributed by atoms with van der Waals surface area (Å²) in [6.45, 7) is 3.06. The summed E-state index contributed by atoms with van der Waals surface area (Å²) in [4.78, 5) is 25.9. The third kappa shape index (κ3) is 9.18. The van der Waals surface area contributed by atoms with Crippen LogP contribution in [-0.4, -0.2) is 44.5 Å². The van der Waals surface area contributed by atoms with E-state index in [9.17, 15) is 14.0 Å². The molecule has 10 heteroatoms. The molecule has 1 atom stereocenters. The SMILES string of the molecule is CC(Cc1ccc(-c2ccc(CCCNC(=O)c3c4ccccc4nn3C)cc2)c(F)c1)c1cc(C(=O)NCCCc2ccc(-c3ccccc3F)cc2)n(C)n1. The molecule has 0 aliphatic carbocycles. The van der Waals surface area contributed by atoms with Gasteiger partial charge in [-0.2, -0.15) is 10.2 Å². The van der Waals surface area contributed by atoms with E-state index in [1.807, 2.05) is 104 Å². The molecule has 2 aromatic heterocycles. The van der Waals surface area contributed by atoms with E-state index in [0.29, 0.717) is 42.0 Å². The zero-order valence-electron chi connectivity index (χ0n) is 32.4. The van der Waals surface area contributed by atoms with Crippen LogP contribution < -0.4 is 10.6 Å². The monoisotopic (exact) mass is 764 g/mol. The number of rotatable bonds is 15. The number of amides is 2. The molecule has 0 fully saturated rings. The van der Waals surface area contributed by atoms with Gasteiger partial charge in [0.1, 0.15) is 23.0 Å². The van der Waals surface area contributed by atoms with Gasteiger partial charge >= 0.3 is 0 Å². The first-order chi connectivity index (χ1) is 27.6. The fourth-order valence-corrected chi connectivity index (χ4v) is 7.30. The summed E-state index contributed by atoms with van der Waals surface area (Å²) in [7, 11) is 3.53. The number of hydrogen-bond donors (Lipinski definition) is 2. The number of nitrogens with one attached hydrogen (secondary N) is 2. The molecule has 1 unspecified atom stereocenters. The van der Waals surface area contributed by atoms with Crippen LogP contribution in [0.15, 0.2) is 121 Å². The van der Waals surface area contributed by atoms with Gasteiger partial charge in [0.15, 0.2) is 0 Å². The minimum atomic E-state index is -0.292. The van der Waals surface area contributed by atoms with Crippen molar-refractivity contribution in [2.75, 3.05) is 13.1 Å². The van der Waals surface area contributed by atoms with Crippen molar-refractivity contribution in [3.05, 3.63) is 167 Å². The molecule has 0 saturated carbocycles. The number of carbonyl (C=O) groups excluding carboxylic acids is 2. The van der Waals surface area contributed by atoms with E-state index >= 15 is 4.39 Å². The Hall–Kier alpha value is -6.42. The molecule has 2 heterocycles. The highest BCUT2D eigenvalue weighted by Crippen LogP contribution is 2.28. The van der Waals surface area contributed by atoms with Crippen molar-refractivity contribution in [2.24, 2.45) is 14.1 Å². The molecule has 57 heavy (non-hydrogen) atoms. The minimum Gasteiger partial charge on any atom is -0.351 e. The Morgan fingerprint density at radius 2 is 1.21 bits per heavy atom. The van der Waals surface area contributed by atoms with Crippen LogP contribution in [0.2, 0.25) is 0 Å². The maximum absolute atomic E-state index is 15.5. The summed E-state index contributed by atoms with van der Waals surface area (Å²) in [5.41, 5.74) is 8.39. The second kappa shape index (κ2) is 17.6. The van der Waals surface area contributed by atoms with E-state index in [2.05, 4.69) is 20.8 Å². The van der Waals surface area contributed by atoms with E-state index in [0.717, 1.165) is 70.1 Å². The van der Waals surface area contributed by atoms with E-state index in [-0.39, 0.29) is 29.4 Å². The van der Waals surface area contributed by atoms with Gasteiger partial charge in [-0.1, -0.05) is 104 Å². The third-order valence-corrected chi connectivity index (χ3v) is 10.4. The van der Waals surface area contributed by atoms with Crippen LogP contribution in [0.25, 0.3) is 33.2 Å². The molecule has 7 rings (SSSR count). The van der Waals surface area contributed by atoms with Crippen molar-refractivity contribution >= 4 is 22.7 Å². The number of halogens is 2. The van der Waals surface area contributed by atoms with Crippen molar-refractivity contribution < 1.29 is 18.4 Å². The highest BCUT2D eigenvalue weighted by atomic mass is 19.1. The zero-order chi connectivity index (χ0) is 39.9. The fourth-order valence-electron chi connectivity index (χ4n) is 7.30. The van der Waals surface area contributed by atoms with Crippen LogP contribution in [0.1, 0.15) is 69.0 Å². The predicted molar refractivity (Wildman–Crippen MR) is 221 cm³/mol.